The summed E-state index contributed by atoms with van der Waals surface area (Å²) in [4.78, 5) is 20.0. The minimum Gasteiger partial charge on any atom is -0.350 e. The van der Waals surface area contributed by atoms with Crippen molar-refractivity contribution in [3.05, 3.63) is 53.9 Å². The monoisotopic (exact) mass is 285 g/mol. The molecule has 110 valence electrons. The van der Waals surface area contributed by atoms with Gasteiger partial charge in [-0.15, -0.1) is 0 Å². The molecule has 2 rings (SSSR count). The van der Waals surface area contributed by atoms with Crippen molar-refractivity contribution in [3.8, 4) is 0 Å². The molecule has 0 atom stereocenters. The van der Waals surface area contributed by atoms with Crippen LogP contribution < -0.4 is 16.2 Å². The molecule has 1 heterocycles. The van der Waals surface area contributed by atoms with Gasteiger partial charge in [-0.1, -0.05) is 37.3 Å². The quantitative estimate of drug-likeness (QED) is 0.533. The standard InChI is InChI=1S/C15H19N5O/c1-2-8-19-20-14(21)13-10-17-15(18-11-13)16-9-12-6-4-3-5-7-12/h3-7,10-11,19H,2,8-9H2,1H3,(H,20,21)(H,16,17,18). The van der Waals surface area contributed by atoms with E-state index in [1.807, 2.05) is 37.3 Å². The number of anilines is 1. The van der Waals surface area contributed by atoms with Crippen LogP contribution in [0.15, 0.2) is 42.7 Å². The van der Waals surface area contributed by atoms with E-state index >= 15 is 0 Å². The maximum Gasteiger partial charge on any atom is 0.268 e. The first-order chi connectivity index (χ1) is 10.3. The molecule has 0 radical (unpaired) electrons. The van der Waals surface area contributed by atoms with Crippen molar-refractivity contribution in [1.82, 2.24) is 20.8 Å². The molecular formula is C15H19N5O. The predicted molar refractivity (Wildman–Crippen MR) is 81.6 cm³/mol. The van der Waals surface area contributed by atoms with Crippen LogP contribution in [0.5, 0.6) is 0 Å². The first kappa shape index (κ1) is 14.9. The molecule has 1 aromatic heterocycles. The van der Waals surface area contributed by atoms with Crippen LogP contribution in [0.4, 0.5) is 5.95 Å². The van der Waals surface area contributed by atoms with E-state index in [1.165, 1.54) is 12.4 Å². The van der Waals surface area contributed by atoms with E-state index < -0.39 is 0 Å². The molecule has 1 aromatic carbocycles. The van der Waals surface area contributed by atoms with Gasteiger partial charge in [-0.2, -0.15) is 0 Å². The molecule has 0 fully saturated rings. The van der Waals surface area contributed by atoms with Gasteiger partial charge in [-0.05, 0) is 12.0 Å². The number of carbonyl (C=O) groups is 1. The van der Waals surface area contributed by atoms with E-state index in [-0.39, 0.29) is 5.91 Å². The van der Waals surface area contributed by atoms with Crippen LogP contribution >= 0.6 is 0 Å². The number of hydrogen-bond acceptors (Lipinski definition) is 5. The van der Waals surface area contributed by atoms with Crippen LogP contribution in [0.2, 0.25) is 0 Å². The number of benzene rings is 1. The second kappa shape index (κ2) is 7.96. The van der Waals surface area contributed by atoms with E-state index in [4.69, 9.17) is 0 Å². The summed E-state index contributed by atoms with van der Waals surface area (Å²) in [7, 11) is 0. The van der Waals surface area contributed by atoms with Crippen LogP contribution in [0.1, 0.15) is 29.3 Å². The number of nitrogens with zero attached hydrogens (tertiary/aromatic N) is 2. The number of amides is 1. The molecule has 0 aliphatic rings. The number of hydrazine groups is 1. The van der Waals surface area contributed by atoms with E-state index in [9.17, 15) is 4.79 Å². The third-order valence-corrected chi connectivity index (χ3v) is 2.78. The topological polar surface area (TPSA) is 78.9 Å². The van der Waals surface area contributed by atoms with Crippen molar-refractivity contribution in [2.75, 3.05) is 11.9 Å². The predicted octanol–water partition coefficient (Wildman–Crippen LogP) is 1.73. The highest BCUT2D eigenvalue weighted by atomic mass is 16.2. The fourth-order valence-electron chi connectivity index (χ4n) is 1.65. The second-order valence-electron chi connectivity index (χ2n) is 4.52. The molecule has 0 unspecified atom stereocenters. The third kappa shape index (κ3) is 4.85. The van der Waals surface area contributed by atoms with Gasteiger partial charge in [0.25, 0.3) is 5.91 Å². The Morgan fingerprint density at radius 2 is 1.86 bits per heavy atom. The van der Waals surface area contributed by atoms with Crippen LogP contribution in [-0.2, 0) is 6.54 Å². The summed E-state index contributed by atoms with van der Waals surface area (Å²) < 4.78 is 0. The lowest BCUT2D eigenvalue weighted by atomic mass is 10.2. The Hall–Kier alpha value is -2.47. The van der Waals surface area contributed by atoms with Gasteiger partial charge in [0.15, 0.2) is 0 Å². The zero-order chi connectivity index (χ0) is 14.9. The van der Waals surface area contributed by atoms with Crippen molar-refractivity contribution in [1.29, 1.82) is 0 Å². The summed E-state index contributed by atoms with van der Waals surface area (Å²) in [6, 6.07) is 9.98. The SMILES string of the molecule is CCCNNC(=O)c1cnc(NCc2ccccc2)nc1. The largest absolute Gasteiger partial charge is 0.350 e. The van der Waals surface area contributed by atoms with Crippen molar-refractivity contribution in [2.24, 2.45) is 0 Å². The minimum absolute atomic E-state index is 0.238. The van der Waals surface area contributed by atoms with Crippen LogP contribution in [0.3, 0.4) is 0 Å². The molecular weight excluding hydrogens is 266 g/mol. The van der Waals surface area contributed by atoms with Crippen molar-refractivity contribution < 1.29 is 4.79 Å². The molecule has 0 aliphatic heterocycles. The Labute approximate surface area is 124 Å². The van der Waals surface area contributed by atoms with Crippen LogP contribution in [0, 0.1) is 0 Å². The first-order valence-electron chi connectivity index (χ1n) is 6.92. The molecule has 6 heteroatoms. The lowest BCUT2D eigenvalue weighted by Crippen LogP contribution is -2.37. The van der Waals surface area contributed by atoms with Crippen molar-refractivity contribution in [2.45, 2.75) is 19.9 Å². The average molecular weight is 285 g/mol. The van der Waals surface area contributed by atoms with Crippen LogP contribution in [-0.4, -0.2) is 22.4 Å². The smallest absolute Gasteiger partial charge is 0.268 e. The fraction of sp³-hybridized carbons (Fsp3) is 0.267. The zero-order valence-corrected chi connectivity index (χ0v) is 12.0. The Balaban J connectivity index is 1.85. The van der Waals surface area contributed by atoms with Gasteiger partial charge in [-0.25, -0.2) is 15.4 Å². The average Bonchev–Trinajstić information content (AvgIpc) is 2.54. The summed E-state index contributed by atoms with van der Waals surface area (Å²) >= 11 is 0. The number of carbonyl (C=O) groups excluding carboxylic acids is 1. The van der Waals surface area contributed by atoms with Crippen LogP contribution in [0.25, 0.3) is 0 Å². The molecule has 0 spiro atoms. The van der Waals surface area contributed by atoms with Gasteiger partial charge in [0.1, 0.15) is 0 Å². The molecule has 21 heavy (non-hydrogen) atoms. The van der Waals surface area contributed by atoms with Gasteiger partial charge < -0.3 is 5.32 Å². The molecule has 0 aliphatic carbocycles. The molecule has 1 amide bonds. The first-order valence-corrected chi connectivity index (χ1v) is 6.92. The normalized spacial score (nSPS) is 10.1. The number of rotatable bonds is 7. The number of aromatic nitrogens is 2. The fourth-order valence-corrected chi connectivity index (χ4v) is 1.65. The van der Waals surface area contributed by atoms with Gasteiger partial charge in [0.2, 0.25) is 5.95 Å². The lowest BCUT2D eigenvalue weighted by molar-refractivity contribution is 0.0932. The maximum absolute atomic E-state index is 11.7. The van der Waals surface area contributed by atoms with E-state index in [2.05, 4.69) is 26.1 Å². The summed E-state index contributed by atoms with van der Waals surface area (Å²) in [5.74, 6) is 0.259. The number of hydrogen-bond donors (Lipinski definition) is 3. The summed E-state index contributed by atoms with van der Waals surface area (Å²) in [5.41, 5.74) is 6.98. The number of nitrogens with one attached hydrogen (secondary N) is 3. The highest BCUT2D eigenvalue weighted by Gasteiger charge is 2.06. The molecule has 3 N–H and O–H groups in total. The Bertz CT molecular complexity index is 556. The molecule has 6 nitrogen and oxygen atoms in total. The zero-order valence-electron chi connectivity index (χ0n) is 12.0. The third-order valence-electron chi connectivity index (χ3n) is 2.78. The summed E-state index contributed by atoms with van der Waals surface area (Å²) in [6.45, 7) is 3.39. The Morgan fingerprint density at radius 1 is 1.14 bits per heavy atom. The molecule has 0 saturated heterocycles. The van der Waals surface area contributed by atoms with E-state index in [1.54, 1.807) is 0 Å². The lowest BCUT2D eigenvalue weighted by Gasteiger charge is -2.07. The van der Waals surface area contributed by atoms with Gasteiger partial charge in [0, 0.05) is 25.5 Å². The van der Waals surface area contributed by atoms with Crippen molar-refractivity contribution in [3.63, 3.8) is 0 Å². The van der Waals surface area contributed by atoms with Gasteiger partial charge in [-0.3, -0.25) is 10.2 Å². The molecule has 0 saturated carbocycles. The van der Waals surface area contributed by atoms with Gasteiger partial charge >= 0.3 is 0 Å². The second-order valence-corrected chi connectivity index (χ2v) is 4.52. The van der Waals surface area contributed by atoms with Crippen molar-refractivity contribution >= 4 is 11.9 Å². The minimum atomic E-state index is -0.238. The highest BCUT2D eigenvalue weighted by Crippen LogP contribution is 2.04. The molecule has 0 bridgehead atoms. The van der Waals surface area contributed by atoms with E-state index in [0.717, 1.165) is 18.5 Å². The van der Waals surface area contributed by atoms with E-state index in [0.29, 0.717) is 18.1 Å². The maximum atomic E-state index is 11.7. The molecule has 2 aromatic rings. The highest BCUT2D eigenvalue weighted by molar-refractivity contribution is 5.93. The summed E-state index contributed by atoms with van der Waals surface area (Å²) in [5, 5.41) is 3.11. The van der Waals surface area contributed by atoms with Gasteiger partial charge in [0.05, 0.1) is 5.56 Å². The Morgan fingerprint density at radius 3 is 2.52 bits per heavy atom. The Kier molecular flexibility index (Phi) is 5.66. The summed E-state index contributed by atoms with van der Waals surface area (Å²) in [6.07, 6.45) is 3.95.